The summed E-state index contributed by atoms with van der Waals surface area (Å²) in [6.07, 6.45) is 4.25. The van der Waals surface area contributed by atoms with Gasteiger partial charge in [0.15, 0.2) is 0 Å². The molecular weight excluding hydrogens is 270 g/mol. The van der Waals surface area contributed by atoms with Gasteiger partial charge < -0.3 is 4.74 Å². The molecule has 20 heavy (non-hydrogen) atoms. The van der Waals surface area contributed by atoms with E-state index in [1.807, 2.05) is 26.0 Å². The first-order chi connectivity index (χ1) is 9.55. The molecule has 2 rings (SSSR count). The molecule has 0 saturated heterocycles. The molecule has 1 aromatic rings. The van der Waals surface area contributed by atoms with Gasteiger partial charge in [-0.1, -0.05) is 24.9 Å². The molecule has 0 N–H and O–H groups in total. The predicted molar refractivity (Wildman–Crippen MR) is 82.1 cm³/mol. The van der Waals surface area contributed by atoms with E-state index < -0.39 is 0 Å². The van der Waals surface area contributed by atoms with Crippen molar-refractivity contribution in [3.05, 3.63) is 28.3 Å². The Balaban J connectivity index is 2.16. The zero-order valence-electron chi connectivity index (χ0n) is 12.4. The zero-order valence-corrected chi connectivity index (χ0v) is 13.2. The second-order valence-electron chi connectivity index (χ2n) is 5.85. The molecule has 0 heterocycles. The van der Waals surface area contributed by atoms with E-state index in [1.54, 1.807) is 0 Å². The molecule has 0 amide bonds. The van der Waals surface area contributed by atoms with E-state index in [9.17, 15) is 5.26 Å². The van der Waals surface area contributed by atoms with Crippen molar-refractivity contribution >= 4 is 11.6 Å². The molecule has 0 bridgehead atoms. The SMILES string of the molecule is CCC1CCC(C#N)C(Oc2cc(C)c(Cl)c(C)c2)C1. The van der Waals surface area contributed by atoms with Crippen LogP contribution in [0.15, 0.2) is 12.1 Å². The van der Waals surface area contributed by atoms with E-state index in [0.717, 1.165) is 47.6 Å². The van der Waals surface area contributed by atoms with E-state index >= 15 is 0 Å². The first-order valence-corrected chi connectivity index (χ1v) is 7.76. The Morgan fingerprint density at radius 2 is 1.95 bits per heavy atom. The number of hydrogen-bond acceptors (Lipinski definition) is 2. The van der Waals surface area contributed by atoms with Gasteiger partial charge in [-0.15, -0.1) is 0 Å². The summed E-state index contributed by atoms with van der Waals surface area (Å²) in [4.78, 5) is 0. The van der Waals surface area contributed by atoms with Gasteiger partial charge in [0.05, 0.1) is 12.0 Å². The lowest BCUT2D eigenvalue weighted by Crippen LogP contribution is -2.33. The number of rotatable bonds is 3. The van der Waals surface area contributed by atoms with Crippen LogP contribution in [0, 0.1) is 37.0 Å². The van der Waals surface area contributed by atoms with Gasteiger partial charge in [-0.2, -0.15) is 5.26 Å². The molecule has 3 heteroatoms. The minimum atomic E-state index is 0.00842. The van der Waals surface area contributed by atoms with Crippen LogP contribution in [-0.4, -0.2) is 6.10 Å². The van der Waals surface area contributed by atoms with Crippen LogP contribution in [0.3, 0.4) is 0 Å². The van der Waals surface area contributed by atoms with Crippen LogP contribution in [-0.2, 0) is 0 Å². The van der Waals surface area contributed by atoms with Gasteiger partial charge in [0.2, 0.25) is 0 Å². The van der Waals surface area contributed by atoms with Crippen LogP contribution in [0.5, 0.6) is 5.75 Å². The third-order valence-corrected chi connectivity index (χ3v) is 4.94. The highest BCUT2D eigenvalue weighted by Gasteiger charge is 2.31. The molecule has 1 aliphatic rings. The van der Waals surface area contributed by atoms with Crippen LogP contribution in [0.1, 0.15) is 43.7 Å². The lowest BCUT2D eigenvalue weighted by Gasteiger charge is -2.32. The van der Waals surface area contributed by atoms with Crippen LogP contribution in [0.4, 0.5) is 0 Å². The summed E-state index contributed by atoms with van der Waals surface area (Å²) in [5, 5.41) is 10.1. The van der Waals surface area contributed by atoms with Crippen molar-refractivity contribution in [3.63, 3.8) is 0 Å². The lowest BCUT2D eigenvalue weighted by atomic mass is 9.79. The first kappa shape index (κ1) is 15.2. The summed E-state index contributed by atoms with van der Waals surface area (Å²) < 4.78 is 6.13. The van der Waals surface area contributed by atoms with Gasteiger partial charge in [-0.3, -0.25) is 0 Å². The predicted octanol–water partition coefficient (Wildman–Crippen LogP) is 5.05. The van der Waals surface area contributed by atoms with Crippen LogP contribution in [0.25, 0.3) is 0 Å². The quantitative estimate of drug-likeness (QED) is 0.780. The summed E-state index contributed by atoms with van der Waals surface area (Å²) in [7, 11) is 0. The van der Waals surface area contributed by atoms with Gasteiger partial charge in [-0.25, -0.2) is 0 Å². The van der Waals surface area contributed by atoms with Crippen LogP contribution >= 0.6 is 11.6 Å². The molecule has 0 aromatic heterocycles. The number of ether oxygens (including phenoxy) is 1. The fourth-order valence-corrected chi connectivity index (χ4v) is 3.12. The highest BCUT2D eigenvalue weighted by Crippen LogP contribution is 2.34. The Morgan fingerprint density at radius 3 is 2.50 bits per heavy atom. The number of benzene rings is 1. The van der Waals surface area contributed by atoms with Crippen molar-refractivity contribution in [2.24, 2.45) is 11.8 Å². The minimum Gasteiger partial charge on any atom is -0.489 e. The van der Waals surface area contributed by atoms with Crippen molar-refractivity contribution in [2.75, 3.05) is 0 Å². The van der Waals surface area contributed by atoms with Gasteiger partial charge in [0, 0.05) is 5.02 Å². The maximum absolute atomic E-state index is 9.30. The highest BCUT2D eigenvalue weighted by atomic mass is 35.5. The number of nitriles is 1. The number of nitrogens with zero attached hydrogens (tertiary/aromatic N) is 1. The Kier molecular flexibility index (Phi) is 4.94. The largest absolute Gasteiger partial charge is 0.489 e. The van der Waals surface area contributed by atoms with E-state index in [4.69, 9.17) is 16.3 Å². The molecule has 1 fully saturated rings. The van der Waals surface area contributed by atoms with Crippen molar-refractivity contribution in [1.29, 1.82) is 5.26 Å². The maximum atomic E-state index is 9.30. The fourth-order valence-electron chi connectivity index (χ4n) is 3.01. The second kappa shape index (κ2) is 6.50. The van der Waals surface area contributed by atoms with E-state index in [0.29, 0.717) is 5.92 Å². The first-order valence-electron chi connectivity index (χ1n) is 7.38. The van der Waals surface area contributed by atoms with Crippen molar-refractivity contribution in [1.82, 2.24) is 0 Å². The molecule has 2 nitrogen and oxygen atoms in total. The maximum Gasteiger partial charge on any atom is 0.120 e. The molecular formula is C17H22ClNO. The highest BCUT2D eigenvalue weighted by molar-refractivity contribution is 6.32. The van der Waals surface area contributed by atoms with Gasteiger partial charge in [0.25, 0.3) is 0 Å². The smallest absolute Gasteiger partial charge is 0.120 e. The number of aryl methyl sites for hydroxylation is 2. The minimum absolute atomic E-state index is 0.00842. The van der Waals surface area contributed by atoms with E-state index in [1.165, 1.54) is 0 Å². The van der Waals surface area contributed by atoms with Crippen molar-refractivity contribution in [2.45, 2.75) is 52.6 Å². The van der Waals surface area contributed by atoms with Crippen molar-refractivity contribution < 1.29 is 4.74 Å². The average molecular weight is 292 g/mol. The molecule has 108 valence electrons. The molecule has 0 radical (unpaired) electrons. The molecule has 1 aromatic carbocycles. The summed E-state index contributed by atoms with van der Waals surface area (Å²) in [6, 6.07) is 6.35. The Labute approximate surface area is 126 Å². The molecule has 1 aliphatic carbocycles. The Morgan fingerprint density at radius 1 is 1.30 bits per heavy atom. The van der Waals surface area contributed by atoms with Gasteiger partial charge >= 0.3 is 0 Å². The van der Waals surface area contributed by atoms with Gasteiger partial charge in [0.1, 0.15) is 11.9 Å². The lowest BCUT2D eigenvalue weighted by molar-refractivity contribution is 0.0892. The Bertz CT molecular complexity index is 497. The molecule has 0 aliphatic heterocycles. The monoisotopic (exact) mass is 291 g/mol. The third-order valence-electron chi connectivity index (χ3n) is 4.34. The van der Waals surface area contributed by atoms with Crippen LogP contribution < -0.4 is 4.74 Å². The number of halogens is 1. The normalized spacial score (nSPS) is 26.1. The Hall–Kier alpha value is -1.20. The molecule has 3 unspecified atom stereocenters. The zero-order chi connectivity index (χ0) is 14.7. The topological polar surface area (TPSA) is 33.0 Å². The molecule has 3 atom stereocenters. The number of hydrogen-bond donors (Lipinski definition) is 0. The average Bonchev–Trinajstić information content (AvgIpc) is 2.44. The second-order valence-corrected chi connectivity index (χ2v) is 6.23. The van der Waals surface area contributed by atoms with Crippen LogP contribution in [0.2, 0.25) is 5.02 Å². The fraction of sp³-hybridized carbons (Fsp3) is 0.588. The summed E-state index contributed by atoms with van der Waals surface area (Å²) >= 11 is 6.19. The molecule has 0 spiro atoms. The summed E-state index contributed by atoms with van der Waals surface area (Å²) in [5.74, 6) is 1.53. The third kappa shape index (κ3) is 3.27. The van der Waals surface area contributed by atoms with Gasteiger partial charge in [-0.05, 0) is 62.3 Å². The van der Waals surface area contributed by atoms with E-state index in [-0.39, 0.29) is 12.0 Å². The standard InChI is InChI=1S/C17H22ClNO/c1-4-13-5-6-14(10-19)16(9-13)20-15-7-11(2)17(18)12(3)8-15/h7-8,13-14,16H,4-6,9H2,1-3H3. The summed E-state index contributed by atoms with van der Waals surface area (Å²) in [5.41, 5.74) is 2.05. The molecule has 1 saturated carbocycles. The summed E-state index contributed by atoms with van der Waals surface area (Å²) in [6.45, 7) is 6.18. The van der Waals surface area contributed by atoms with E-state index in [2.05, 4.69) is 13.0 Å². The van der Waals surface area contributed by atoms with Crippen molar-refractivity contribution in [3.8, 4) is 11.8 Å².